The van der Waals surface area contributed by atoms with Crippen LogP contribution in [0.1, 0.15) is 40.0 Å². The predicted octanol–water partition coefficient (Wildman–Crippen LogP) is 2.66. The zero-order chi connectivity index (χ0) is 18.5. The number of hydrogen-bond acceptors (Lipinski definition) is 5. The largest absolute Gasteiger partial charge is 0.366 e. The maximum Gasteiger partial charge on any atom is 0.250 e. The van der Waals surface area contributed by atoms with Crippen molar-refractivity contribution in [2.24, 2.45) is 5.73 Å². The van der Waals surface area contributed by atoms with E-state index in [1.54, 1.807) is 24.3 Å². The molecule has 3 rings (SSSR count). The van der Waals surface area contributed by atoms with Crippen molar-refractivity contribution < 1.29 is 9.59 Å². The van der Waals surface area contributed by atoms with Gasteiger partial charge in [-0.1, -0.05) is 23.9 Å². The Morgan fingerprint density at radius 2 is 2.04 bits per heavy atom. The van der Waals surface area contributed by atoms with E-state index in [2.05, 4.69) is 16.4 Å². The highest BCUT2D eigenvalue weighted by Gasteiger charge is 2.17. The number of para-hydroxylation sites is 1. The number of rotatable bonds is 5. The molecule has 0 saturated carbocycles. The van der Waals surface area contributed by atoms with E-state index in [0.29, 0.717) is 16.3 Å². The smallest absolute Gasteiger partial charge is 0.250 e. The fourth-order valence-corrected chi connectivity index (χ4v) is 3.71. The number of carbonyl (C=O) groups excluding carboxylic acids is 2. The van der Waals surface area contributed by atoms with Crippen molar-refractivity contribution in [1.82, 2.24) is 4.98 Å². The lowest BCUT2D eigenvalue weighted by molar-refractivity contribution is -0.113. The molecule has 3 N–H and O–H groups in total. The van der Waals surface area contributed by atoms with Gasteiger partial charge < -0.3 is 11.1 Å². The lowest BCUT2D eigenvalue weighted by atomic mass is 9.95. The van der Waals surface area contributed by atoms with Gasteiger partial charge in [0.2, 0.25) is 5.91 Å². The zero-order valence-electron chi connectivity index (χ0n) is 14.1. The summed E-state index contributed by atoms with van der Waals surface area (Å²) in [5.74, 6) is -0.795. The number of aryl methyl sites for hydroxylation is 2. The maximum absolute atomic E-state index is 12.3. The first-order valence-corrected chi connectivity index (χ1v) is 9.31. The molecule has 132 valence electrons. The summed E-state index contributed by atoms with van der Waals surface area (Å²) in [4.78, 5) is 28.3. The van der Waals surface area contributed by atoms with Crippen molar-refractivity contribution in [1.29, 1.82) is 5.26 Å². The third-order valence-corrected chi connectivity index (χ3v) is 5.18. The van der Waals surface area contributed by atoms with Crippen LogP contribution in [0.4, 0.5) is 5.69 Å². The number of aromatic nitrogens is 1. The summed E-state index contributed by atoms with van der Waals surface area (Å²) in [6.07, 6.45) is 4.08. The molecule has 26 heavy (non-hydrogen) atoms. The molecular formula is C19H18N4O2S. The van der Waals surface area contributed by atoms with E-state index < -0.39 is 5.91 Å². The number of nitrogens with zero attached hydrogens (tertiary/aromatic N) is 2. The molecule has 1 aliphatic carbocycles. The first-order valence-electron chi connectivity index (χ1n) is 8.33. The quantitative estimate of drug-likeness (QED) is 0.791. The molecule has 7 heteroatoms. The summed E-state index contributed by atoms with van der Waals surface area (Å²) < 4.78 is 0. The molecule has 6 nitrogen and oxygen atoms in total. The average molecular weight is 366 g/mol. The highest BCUT2D eigenvalue weighted by atomic mass is 32.2. The number of anilines is 1. The Hall–Kier alpha value is -2.85. The third-order valence-electron chi connectivity index (χ3n) is 4.19. The molecule has 0 radical (unpaired) electrons. The van der Waals surface area contributed by atoms with Crippen LogP contribution >= 0.6 is 11.8 Å². The van der Waals surface area contributed by atoms with Gasteiger partial charge in [-0.25, -0.2) is 4.98 Å². The van der Waals surface area contributed by atoms with Crippen LogP contribution in [-0.4, -0.2) is 22.6 Å². The molecule has 0 fully saturated rings. The number of thioether (sulfide) groups is 1. The fourth-order valence-electron chi connectivity index (χ4n) is 2.93. The van der Waals surface area contributed by atoms with Crippen LogP contribution in [0.5, 0.6) is 0 Å². The second kappa shape index (κ2) is 8.02. The normalized spacial score (nSPS) is 12.7. The molecule has 1 aromatic carbocycles. The van der Waals surface area contributed by atoms with Gasteiger partial charge in [-0.15, -0.1) is 0 Å². The van der Waals surface area contributed by atoms with E-state index >= 15 is 0 Å². The summed E-state index contributed by atoms with van der Waals surface area (Å²) in [6, 6.07) is 10.6. The minimum Gasteiger partial charge on any atom is -0.366 e. The van der Waals surface area contributed by atoms with Crippen molar-refractivity contribution in [3.05, 3.63) is 52.7 Å². The molecule has 1 aliphatic rings. The number of hydrogen-bond donors (Lipinski definition) is 2. The highest BCUT2D eigenvalue weighted by molar-refractivity contribution is 8.00. The first-order chi connectivity index (χ1) is 12.6. The van der Waals surface area contributed by atoms with Gasteiger partial charge in [0.25, 0.3) is 5.91 Å². The summed E-state index contributed by atoms with van der Waals surface area (Å²) in [5.41, 5.74) is 8.62. The Morgan fingerprint density at radius 3 is 2.81 bits per heavy atom. The van der Waals surface area contributed by atoms with Crippen molar-refractivity contribution in [2.75, 3.05) is 11.1 Å². The lowest BCUT2D eigenvalue weighted by Gasteiger charge is -2.16. The summed E-state index contributed by atoms with van der Waals surface area (Å²) >= 11 is 1.22. The predicted molar refractivity (Wildman–Crippen MR) is 99.9 cm³/mol. The molecule has 0 bridgehead atoms. The maximum atomic E-state index is 12.3. The van der Waals surface area contributed by atoms with Crippen molar-refractivity contribution in [2.45, 2.75) is 30.7 Å². The molecule has 0 unspecified atom stereocenters. The fraction of sp³-hybridized carbons (Fsp3) is 0.263. The van der Waals surface area contributed by atoms with Crippen LogP contribution in [0.25, 0.3) is 0 Å². The third kappa shape index (κ3) is 4.03. The molecule has 2 amide bonds. The second-order valence-corrected chi connectivity index (χ2v) is 6.98. The van der Waals surface area contributed by atoms with Gasteiger partial charge in [-0.2, -0.15) is 5.26 Å². The van der Waals surface area contributed by atoms with Gasteiger partial charge >= 0.3 is 0 Å². The summed E-state index contributed by atoms with van der Waals surface area (Å²) in [5, 5.41) is 12.6. The number of nitriles is 1. The average Bonchev–Trinajstić information content (AvgIpc) is 2.65. The van der Waals surface area contributed by atoms with Crippen LogP contribution in [0.3, 0.4) is 0 Å². The van der Waals surface area contributed by atoms with Gasteiger partial charge in [0.05, 0.1) is 22.6 Å². The number of nitrogens with one attached hydrogen (secondary N) is 1. The number of fused-ring (bicyclic) bond motifs is 1. The molecule has 0 aliphatic heterocycles. The SMILES string of the molecule is N#Cc1cc2c(nc1SCC(=O)Nc1ccccc1C(N)=O)CCCC2. The number of nitrogens with two attached hydrogens (primary N) is 1. The Labute approximate surface area is 155 Å². The van der Waals surface area contributed by atoms with Crippen LogP contribution < -0.4 is 11.1 Å². The summed E-state index contributed by atoms with van der Waals surface area (Å²) in [6.45, 7) is 0. The molecule has 1 heterocycles. The zero-order valence-corrected chi connectivity index (χ0v) is 14.9. The van der Waals surface area contributed by atoms with Gasteiger partial charge in [0.15, 0.2) is 0 Å². The Balaban J connectivity index is 1.70. The second-order valence-electron chi connectivity index (χ2n) is 6.01. The van der Waals surface area contributed by atoms with Crippen LogP contribution in [0.15, 0.2) is 35.4 Å². The van der Waals surface area contributed by atoms with E-state index in [4.69, 9.17) is 5.73 Å². The molecule has 0 spiro atoms. The van der Waals surface area contributed by atoms with Crippen LogP contribution in [0, 0.1) is 11.3 Å². The Kier molecular flexibility index (Phi) is 5.54. The first kappa shape index (κ1) is 18.0. The van der Waals surface area contributed by atoms with Crippen LogP contribution in [0.2, 0.25) is 0 Å². The number of pyridine rings is 1. The van der Waals surface area contributed by atoms with Crippen molar-refractivity contribution in [3.63, 3.8) is 0 Å². The minimum absolute atomic E-state index is 0.0908. The Morgan fingerprint density at radius 1 is 1.27 bits per heavy atom. The van der Waals surface area contributed by atoms with E-state index in [1.807, 2.05) is 6.07 Å². The van der Waals surface area contributed by atoms with Gasteiger partial charge in [-0.3, -0.25) is 9.59 Å². The summed E-state index contributed by atoms with van der Waals surface area (Å²) in [7, 11) is 0. The number of amides is 2. The number of primary amides is 1. The van der Waals surface area contributed by atoms with Gasteiger partial charge in [0, 0.05) is 5.69 Å². The van der Waals surface area contributed by atoms with E-state index in [-0.39, 0.29) is 17.2 Å². The van der Waals surface area contributed by atoms with E-state index in [0.717, 1.165) is 36.9 Å². The highest BCUT2D eigenvalue weighted by Crippen LogP contribution is 2.27. The molecular weight excluding hydrogens is 348 g/mol. The number of carbonyl (C=O) groups is 2. The number of benzene rings is 1. The topological polar surface area (TPSA) is 109 Å². The Bertz CT molecular complexity index is 905. The van der Waals surface area contributed by atoms with Gasteiger partial charge in [-0.05, 0) is 49.4 Å². The van der Waals surface area contributed by atoms with Gasteiger partial charge in [0.1, 0.15) is 11.1 Å². The van der Waals surface area contributed by atoms with E-state index in [9.17, 15) is 14.9 Å². The molecule has 1 aromatic heterocycles. The van der Waals surface area contributed by atoms with Crippen molar-refractivity contribution in [3.8, 4) is 6.07 Å². The van der Waals surface area contributed by atoms with E-state index in [1.165, 1.54) is 11.8 Å². The minimum atomic E-state index is -0.600. The molecule has 2 aromatic rings. The molecule has 0 saturated heterocycles. The van der Waals surface area contributed by atoms with Crippen molar-refractivity contribution >= 4 is 29.3 Å². The lowest BCUT2D eigenvalue weighted by Crippen LogP contribution is -2.19. The molecule has 0 atom stereocenters. The van der Waals surface area contributed by atoms with Crippen LogP contribution in [-0.2, 0) is 17.6 Å². The monoisotopic (exact) mass is 366 g/mol. The standard InChI is InChI=1S/C19H18N4O2S/c20-10-13-9-12-5-1-3-7-15(12)23-19(13)26-11-17(24)22-16-8-4-2-6-14(16)18(21)25/h2,4,6,8-9H,1,3,5,7,11H2,(H2,21,25)(H,22,24).